The number of aryl methyl sites for hydroxylation is 1. The van der Waals surface area contributed by atoms with E-state index in [0.717, 1.165) is 23.3 Å². The van der Waals surface area contributed by atoms with Gasteiger partial charge in [-0.2, -0.15) is 0 Å². The van der Waals surface area contributed by atoms with E-state index < -0.39 is 6.10 Å². The van der Waals surface area contributed by atoms with Crippen molar-refractivity contribution in [2.75, 3.05) is 6.61 Å². The third-order valence-electron chi connectivity index (χ3n) is 4.09. The number of rotatable bonds is 4. The fourth-order valence-corrected chi connectivity index (χ4v) is 3.54. The molecule has 132 valence electrons. The van der Waals surface area contributed by atoms with Crippen molar-refractivity contribution in [1.82, 2.24) is 5.32 Å². The fourth-order valence-electron chi connectivity index (χ4n) is 2.77. The predicted octanol–water partition coefficient (Wildman–Crippen LogP) is 4.82. The van der Waals surface area contributed by atoms with Gasteiger partial charge in [-0.25, -0.2) is 0 Å². The molecule has 0 fully saturated rings. The van der Waals surface area contributed by atoms with E-state index in [9.17, 15) is 4.79 Å². The van der Waals surface area contributed by atoms with Crippen molar-refractivity contribution >= 4 is 33.4 Å². The van der Waals surface area contributed by atoms with Crippen LogP contribution in [0.3, 0.4) is 0 Å². The van der Waals surface area contributed by atoms with Crippen LogP contribution in [-0.2, 0) is 4.79 Å². The number of amides is 1. The number of hydrogen-bond acceptors (Lipinski definition) is 3. The Morgan fingerprint density at radius 1 is 1.36 bits per heavy atom. The molecule has 4 nitrogen and oxygen atoms in total. The lowest BCUT2D eigenvalue weighted by molar-refractivity contribution is -0.128. The average Bonchev–Trinajstić information content (AvgIpc) is 2.57. The molecule has 2 aromatic rings. The SMILES string of the molecule is Cc1ccc2c(c1)C(NC(=O)C(C)Oc1ccc(Cl)cc1Br)CCO2. The Labute approximate surface area is 160 Å². The molecule has 0 aliphatic carbocycles. The number of fused-ring (bicyclic) bond motifs is 1. The zero-order chi connectivity index (χ0) is 18.0. The van der Waals surface area contributed by atoms with Crippen molar-refractivity contribution < 1.29 is 14.3 Å². The maximum Gasteiger partial charge on any atom is 0.261 e. The monoisotopic (exact) mass is 423 g/mol. The van der Waals surface area contributed by atoms with E-state index in [2.05, 4.69) is 27.3 Å². The first-order valence-electron chi connectivity index (χ1n) is 8.09. The Bertz CT molecular complexity index is 796. The van der Waals surface area contributed by atoms with Gasteiger partial charge in [0.25, 0.3) is 5.91 Å². The Morgan fingerprint density at radius 2 is 2.16 bits per heavy atom. The molecule has 25 heavy (non-hydrogen) atoms. The maximum atomic E-state index is 12.6. The molecule has 0 saturated carbocycles. The highest BCUT2D eigenvalue weighted by molar-refractivity contribution is 9.10. The van der Waals surface area contributed by atoms with Crippen LogP contribution in [0.4, 0.5) is 0 Å². The van der Waals surface area contributed by atoms with E-state index in [1.807, 2.05) is 19.1 Å². The van der Waals surface area contributed by atoms with Crippen LogP contribution in [0.1, 0.15) is 30.5 Å². The first-order chi connectivity index (χ1) is 11.9. The summed E-state index contributed by atoms with van der Waals surface area (Å²) >= 11 is 9.32. The van der Waals surface area contributed by atoms with Gasteiger partial charge < -0.3 is 14.8 Å². The number of carbonyl (C=O) groups excluding carboxylic acids is 1. The minimum absolute atomic E-state index is 0.0733. The molecule has 2 aromatic carbocycles. The molecule has 0 saturated heterocycles. The van der Waals surface area contributed by atoms with Crippen LogP contribution in [0.15, 0.2) is 40.9 Å². The van der Waals surface area contributed by atoms with Crippen LogP contribution in [0, 0.1) is 6.92 Å². The largest absolute Gasteiger partial charge is 0.493 e. The van der Waals surface area contributed by atoms with Gasteiger partial charge in [-0.1, -0.05) is 29.3 Å². The van der Waals surface area contributed by atoms with Gasteiger partial charge in [-0.15, -0.1) is 0 Å². The molecule has 1 aliphatic rings. The van der Waals surface area contributed by atoms with Crippen LogP contribution in [0.25, 0.3) is 0 Å². The Kier molecular flexibility index (Phi) is 5.54. The first kappa shape index (κ1) is 18.1. The summed E-state index contributed by atoms with van der Waals surface area (Å²) in [6.07, 6.45) is 0.105. The molecule has 2 unspecified atom stereocenters. The smallest absolute Gasteiger partial charge is 0.261 e. The summed E-state index contributed by atoms with van der Waals surface area (Å²) in [5.74, 6) is 1.24. The van der Waals surface area contributed by atoms with Crippen LogP contribution >= 0.6 is 27.5 Å². The number of carbonyl (C=O) groups is 1. The van der Waals surface area contributed by atoms with Crippen molar-refractivity contribution in [3.63, 3.8) is 0 Å². The summed E-state index contributed by atoms with van der Waals surface area (Å²) in [5, 5.41) is 3.67. The standard InChI is InChI=1S/C19H19BrClNO3/c1-11-3-5-17-14(9-11)16(7-8-24-17)22-19(23)12(2)25-18-6-4-13(21)10-15(18)20/h3-6,9-10,12,16H,7-8H2,1-2H3,(H,22,23). The molecule has 6 heteroatoms. The summed E-state index contributed by atoms with van der Waals surface area (Å²) in [4.78, 5) is 12.6. The highest BCUT2D eigenvalue weighted by Crippen LogP contribution is 2.33. The zero-order valence-corrected chi connectivity index (χ0v) is 16.4. The van der Waals surface area contributed by atoms with E-state index in [1.54, 1.807) is 25.1 Å². The molecule has 0 radical (unpaired) electrons. The summed E-state index contributed by atoms with van der Waals surface area (Å²) in [7, 11) is 0. The molecule has 1 N–H and O–H groups in total. The van der Waals surface area contributed by atoms with Crippen molar-refractivity contribution in [2.24, 2.45) is 0 Å². The third-order valence-corrected chi connectivity index (χ3v) is 4.94. The van der Waals surface area contributed by atoms with Gasteiger partial charge in [-0.05, 0) is 54.0 Å². The lowest BCUT2D eigenvalue weighted by Crippen LogP contribution is -2.40. The van der Waals surface area contributed by atoms with Crippen LogP contribution in [0.5, 0.6) is 11.5 Å². The van der Waals surface area contributed by atoms with E-state index in [0.29, 0.717) is 21.9 Å². The van der Waals surface area contributed by atoms with E-state index >= 15 is 0 Å². The number of benzene rings is 2. The Hall–Kier alpha value is -1.72. The second kappa shape index (κ2) is 7.67. The molecule has 0 spiro atoms. The summed E-state index contributed by atoms with van der Waals surface area (Å²) in [6, 6.07) is 11.1. The average molecular weight is 425 g/mol. The highest BCUT2D eigenvalue weighted by atomic mass is 79.9. The first-order valence-corrected chi connectivity index (χ1v) is 9.26. The highest BCUT2D eigenvalue weighted by Gasteiger charge is 2.26. The van der Waals surface area contributed by atoms with Gasteiger partial charge >= 0.3 is 0 Å². The van der Waals surface area contributed by atoms with Crippen LogP contribution < -0.4 is 14.8 Å². The van der Waals surface area contributed by atoms with Crippen molar-refractivity contribution in [1.29, 1.82) is 0 Å². The molecule has 0 aromatic heterocycles. The summed E-state index contributed by atoms with van der Waals surface area (Å²) in [5.41, 5.74) is 2.15. The van der Waals surface area contributed by atoms with E-state index in [1.165, 1.54) is 0 Å². The van der Waals surface area contributed by atoms with E-state index in [4.69, 9.17) is 21.1 Å². The fraction of sp³-hybridized carbons (Fsp3) is 0.316. The number of nitrogens with one attached hydrogen (secondary N) is 1. The molecular weight excluding hydrogens is 406 g/mol. The molecule has 1 heterocycles. The molecular formula is C19H19BrClNO3. The lowest BCUT2D eigenvalue weighted by Gasteiger charge is -2.28. The minimum Gasteiger partial charge on any atom is -0.493 e. The van der Waals surface area contributed by atoms with Crippen molar-refractivity contribution in [3.8, 4) is 11.5 Å². The van der Waals surface area contributed by atoms with Gasteiger partial charge in [0.15, 0.2) is 6.10 Å². The Balaban J connectivity index is 1.69. The molecule has 3 rings (SSSR count). The minimum atomic E-state index is -0.631. The molecule has 0 bridgehead atoms. The van der Waals surface area contributed by atoms with Gasteiger partial charge in [-0.3, -0.25) is 4.79 Å². The van der Waals surface area contributed by atoms with Crippen LogP contribution in [-0.4, -0.2) is 18.6 Å². The number of hydrogen-bond donors (Lipinski definition) is 1. The topological polar surface area (TPSA) is 47.6 Å². The van der Waals surface area contributed by atoms with Gasteiger partial charge in [0.1, 0.15) is 11.5 Å². The Morgan fingerprint density at radius 3 is 2.92 bits per heavy atom. The van der Waals surface area contributed by atoms with Gasteiger partial charge in [0.05, 0.1) is 17.1 Å². The summed E-state index contributed by atoms with van der Waals surface area (Å²) < 4.78 is 12.2. The number of ether oxygens (including phenoxy) is 2. The predicted molar refractivity (Wildman–Crippen MR) is 101 cm³/mol. The van der Waals surface area contributed by atoms with Crippen molar-refractivity contribution in [3.05, 3.63) is 57.0 Å². The van der Waals surface area contributed by atoms with E-state index in [-0.39, 0.29) is 11.9 Å². The summed E-state index contributed by atoms with van der Waals surface area (Å²) in [6.45, 7) is 4.34. The van der Waals surface area contributed by atoms with Crippen LogP contribution in [0.2, 0.25) is 5.02 Å². The van der Waals surface area contributed by atoms with Gasteiger partial charge in [0, 0.05) is 17.0 Å². The second-order valence-electron chi connectivity index (χ2n) is 6.07. The number of halogens is 2. The third kappa shape index (κ3) is 4.28. The molecule has 1 amide bonds. The quantitative estimate of drug-likeness (QED) is 0.765. The molecule has 1 aliphatic heterocycles. The maximum absolute atomic E-state index is 12.6. The molecule has 2 atom stereocenters. The second-order valence-corrected chi connectivity index (χ2v) is 7.37. The van der Waals surface area contributed by atoms with Gasteiger partial charge in [0.2, 0.25) is 0 Å². The van der Waals surface area contributed by atoms with Crippen molar-refractivity contribution in [2.45, 2.75) is 32.4 Å². The normalized spacial score (nSPS) is 17.2. The lowest BCUT2D eigenvalue weighted by atomic mass is 9.98. The zero-order valence-electron chi connectivity index (χ0n) is 14.0.